The lowest BCUT2D eigenvalue weighted by Gasteiger charge is -2.36. The molecule has 0 unspecified atom stereocenters. The first-order chi connectivity index (χ1) is 12.1. The Balaban J connectivity index is 1.55. The molecule has 1 aliphatic heterocycles. The summed E-state index contributed by atoms with van der Waals surface area (Å²) in [5, 5.41) is 3.16. The van der Waals surface area contributed by atoms with E-state index in [-0.39, 0.29) is 5.91 Å². The molecular formula is C19H25N5O. The summed E-state index contributed by atoms with van der Waals surface area (Å²) in [6.45, 7) is 8.16. The first-order valence-corrected chi connectivity index (χ1v) is 8.78. The first-order valence-electron chi connectivity index (χ1n) is 8.78. The van der Waals surface area contributed by atoms with Gasteiger partial charge in [-0.3, -0.25) is 4.79 Å². The molecule has 0 atom stereocenters. The standard InChI is InChI=1S/C19H25N5O/c1-15(2)12-20-19-21-13-16(14-22-19)18(25)24-10-8-23(9-11-24)17-6-4-3-5-7-17/h3-7,13-15H,8-12H2,1-2H3,(H,20,21,22). The highest BCUT2D eigenvalue weighted by Crippen LogP contribution is 2.16. The van der Waals surface area contributed by atoms with Crippen LogP contribution >= 0.6 is 0 Å². The molecule has 0 spiro atoms. The zero-order valence-corrected chi connectivity index (χ0v) is 14.9. The van der Waals surface area contributed by atoms with Gasteiger partial charge in [-0.05, 0) is 18.1 Å². The molecular weight excluding hydrogens is 314 g/mol. The third kappa shape index (κ3) is 4.47. The minimum absolute atomic E-state index is 0.00289. The van der Waals surface area contributed by atoms with Crippen LogP contribution in [0.3, 0.4) is 0 Å². The van der Waals surface area contributed by atoms with Crippen molar-refractivity contribution in [2.75, 3.05) is 42.9 Å². The van der Waals surface area contributed by atoms with Gasteiger partial charge in [-0.2, -0.15) is 0 Å². The Labute approximate surface area is 148 Å². The van der Waals surface area contributed by atoms with Crippen LogP contribution in [0.4, 0.5) is 11.6 Å². The number of hydrogen-bond acceptors (Lipinski definition) is 5. The molecule has 0 saturated carbocycles. The van der Waals surface area contributed by atoms with Crippen molar-refractivity contribution in [1.29, 1.82) is 0 Å². The molecule has 1 aromatic heterocycles. The average molecular weight is 339 g/mol. The van der Waals surface area contributed by atoms with Crippen LogP contribution in [0.5, 0.6) is 0 Å². The number of carbonyl (C=O) groups excluding carboxylic acids is 1. The number of rotatable bonds is 5. The highest BCUT2D eigenvalue weighted by molar-refractivity contribution is 5.93. The second-order valence-corrected chi connectivity index (χ2v) is 6.68. The summed E-state index contributed by atoms with van der Waals surface area (Å²) in [6, 6.07) is 10.3. The Morgan fingerprint density at radius 1 is 1.08 bits per heavy atom. The molecule has 1 N–H and O–H groups in total. The van der Waals surface area contributed by atoms with Crippen molar-refractivity contribution in [3.05, 3.63) is 48.3 Å². The molecule has 3 rings (SSSR count). The maximum atomic E-state index is 12.6. The van der Waals surface area contributed by atoms with Gasteiger partial charge in [-0.25, -0.2) is 9.97 Å². The maximum Gasteiger partial charge on any atom is 0.257 e. The van der Waals surface area contributed by atoms with Crippen LogP contribution in [0.25, 0.3) is 0 Å². The molecule has 1 fully saturated rings. The summed E-state index contributed by atoms with van der Waals surface area (Å²) >= 11 is 0. The Kier molecular flexibility index (Phi) is 5.48. The number of para-hydroxylation sites is 1. The van der Waals surface area contributed by atoms with Gasteiger partial charge in [0, 0.05) is 50.8 Å². The van der Waals surface area contributed by atoms with Crippen LogP contribution in [0, 0.1) is 5.92 Å². The molecule has 6 heteroatoms. The van der Waals surface area contributed by atoms with Gasteiger partial charge in [0.05, 0.1) is 5.56 Å². The van der Waals surface area contributed by atoms with E-state index in [9.17, 15) is 4.79 Å². The van der Waals surface area contributed by atoms with Crippen LogP contribution in [-0.2, 0) is 0 Å². The molecule has 1 aliphatic rings. The van der Waals surface area contributed by atoms with E-state index in [1.54, 1.807) is 12.4 Å². The van der Waals surface area contributed by atoms with Crippen LogP contribution in [0.2, 0.25) is 0 Å². The van der Waals surface area contributed by atoms with Crippen molar-refractivity contribution < 1.29 is 4.79 Å². The predicted octanol–water partition coefficient (Wildman–Crippen LogP) is 2.51. The van der Waals surface area contributed by atoms with Crippen LogP contribution in [0.1, 0.15) is 24.2 Å². The molecule has 25 heavy (non-hydrogen) atoms. The number of aromatic nitrogens is 2. The number of nitrogens with one attached hydrogen (secondary N) is 1. The number of benzene rings is 1. The lowest BCUT2D eigenvalue weighted by Crippen LogP contribution is -2.48. The third-order valence-electron chi connectivity index (χ3n) is 4.26. The van der Waals surface area contributed by atoms with Gasteiger partial charge in [-0.15, -0.1) is 0 Å². The maximum absolute atomic E-state index is 12.6. The van der Waals surface area contributed by atoms with E-state index < -0.39 is 0 Å². The summed E-state index contributed by atoms with van der Waals surface area (Å²) in [6.07, 6.45) is 3.23. The van der Waals surface area contributed by atoms with Gasteiger partial charge in [0.25, 0.3) is 5.91 Å². The monoisotopic (exact) mass is 339 g/mol. The first kappa shape index (κ1) is 17.2. The molecule has 132 valence electrons. The molecule has 6 nitrogen and oxygen atoms in total. The van der Waals surface area contributed by atoms with Crippen molar-refractivity contribution in [1.82, 2.24) is 14.9 Å². The molecule has 2 aromatic rings. The summed E-state index contributed by atoms with van der Waals surface area (Å²) in [5.41, 5.74) is 1.75. The number of anilines is 2. The van der Waals surface area contributed by atoms with Gasteiger partial charge < -0.3 is 15.1 Å². The smallest absolute Gasteiger partial charge is 0.257 e. The number of nitrogens with zero attached hydrogens (tertiary/aromatic N) is 4. The highest BCUT2D eigenvalue weighted by Gasteiger charge is 2.22. The third-order valence-corrected chi connectivity index (χ3v) is 4.26. The van der Waals surface area contributed by atoms with Crippen molar-refractivity contribution in [2.45, 2.75) is 13.8 Å². The molecule has 0 aliphatic carbocycles. The topological polar surface area (TPSA) is 61.4 Å². The van der Waals surface area contributed by atoms with E-state index in [0.29, 0.717) is 30.5 Å². The minimum atomic E-state index is 0.00289. The van der Waals surface area contributed by atoms with Crippen molar-refractivity contribution >= 4 is 17.5 Å². The fourth-order valence-corrected chi connectivity index (χ4v) is 2.81. The number of amides is 1. The largest absolute Gasteiger partial charge is 0.368 e. The number of piperazine rings is 1. The highest BCUT2D eigenvalue weighted by atomic mass is 16.2. The molecule has 2 heterocycles. The normalized spacial score (nSPS) is 14.7. The SMILES string of the molecule is CC(C)CNc1ncc(C(=O)N2CCN(c3ccccc3)CC2)cn1. The average Bonchev–Trinajstić information content (AvgIpc) is 2.67. The second-order valence-electron chi connectivity index (χ2n) is 6.68. The van der Waals surface area contributed by atoms with Gasteiger partial charge in [-0.1, -0.05) is 32.0 Å². The lowest BCUT2D eigenvalue weighted by atomic mass is 10.2. The Morgan fingerprint density at radius 3 is 2.32 bits per heavy atom. The van der Waals surface area contributed by atoms with Gasteiger partial charge >= 0.3 is 0 Å². The zero-order chi connectivity index (χ0) is 17.6. The molecule has 1 amide bonds. The van der Waals surface area contributed by atoms with Crippen LogP contribution in [-0.4, -0.2) is 53.5 Å². The number of hydrogen-bond donors (Lipinski definition) is 1. The summed E-state index contributed by atoms with van der Waals surface area (Å²) < 4.78 is 0. The van der Waals surface area contributed by atoms with Gasteiger partial charge in [0.15, 0.2) is 0 Å². The summed E-state index contributed by atoms with van der Waals surface area (Å²) in [5.74, 6) is 1.09. The van der Waals surface area contributed by atoms with Crippen molar-refractivity contribution in [3.8, 4) is 0 Å². The van der Waals surface area contributed by atoms with E-state index in [0.717, 1.165) is 19.6 Å². The minimum Gasteiger partial charge on any atom is -0.368 e. The fourth-order valence-electron chi connectivity index (χ4n) is 2.81. The quantitative estimate of drug-likeness (QED) is 0.907. The van der Waals surface area contributed by atoms with Crippen molar-refractivity contribution in [2.24, 2.45) is 5.92 Å². The van der Waals surface area contributed by atoms with Gasteiger partial charge in [0.1, 0.15) is 0 Å². The van der Waals surface area contributed by atoms with Crippen LogP contribution in [0.15, 0.2) is 42.7 Å². The second kappa shape index (κ2) is 7.96. The Hall–Kier alpha value is -2.63. The number of carbonyl (C=O) groups is 1. The van der Waals surface area contributed by atoms with E-state index >= 15 is 0 Å². The lowest BCUT2D eigenvalue weighted by molar-refractivity contribution is 0.0746. The van der Waals surface area contributed by atoms with Gasteiger partial charge in [0.2, 0.25) is 5.95 Å². The Bertz CT molecular complexity index is 679. The van der Waals surface area contributed by atoms with Crippen LogP contribution < -0.4 is 10.2 Å². The predicted molar refractivity (Wildman–Crippen MR) is 99.9 cm³/mol. The van der Waals surface area contributed by atoms with E-state index in [4.69, 9.17) is 0 Å². The fraction of sp³-hybridized carbons (Fsp3) is 0.421. The molecule has 0 bridgehead atoms. The van der Waals surface area contributed by atoms with Crippen molar-refractivity contribution in [3.63, 3.8) is 0 Å². The Morgan fingerprint density at radius 2 is 1.72 bits per heavy atom. The van der Waals surface area contributed by atoms with E-state index in [1.807, 2.05) is 23.1 Å². The summed E-state index contributed by atoms with van der Waals surface area (Å²) in [4.78, 5) is 25.3. The van der Waals surface area contributed by atoms with E-state index in [1.165, 1.54) is 5.69 Å². The summed E-state index contributed by atoms with van der Waals surface area (Å²) in [7, 11) is 0. The van der Waals surface area contributed by atoms with E-state index in [2.05, 4.69) is 46.2 Å². The molecule has 1 aromatic carbocycles. The zero-order valence-electron chi connectivity index (χ0n) is 14.9. The molecule has 1 saturated heterocycles. The molecule has 0 radical (unpaired) electrons.